The van der Waals surface area contributed by atoms with Crippen molar-refractivity contribution in [3.05, 3.63) is 79.1 Å². The van der Waals surface area contributed by atoms with Gasteiger partial charge in [-0.2, -0.15) is 28.6 Å². The minimum Gasteiger partial charge on any atom is -0.404 e. The van der Waals surface area contributed by atoms with Crippen molar-refractivity contribution in [2.75, 3.05) is 5.32 Å². The van der Waals surface area contributed by atoms with E-state index in [0.29, 0.717) is 0 Å². The van der Waals surface area contributed by atoms with Crippen LogP contribution in [0.3, 0.4) is 0 Å². The second-order valence-corrected chi connectivity index (χ2v) is 6.58. The average molecular weight is 465 g/mol. The number of nitrogens with zero attached hydrogens (tertiary/aromatic N) is 9. The summed E-state index contributed by atoms with van der Waals surface area (Å²) in [6.45, 7) is 3.66. The Morgan fingerprint density at radius 1 is 1.15 bits per heavy atom. The Morgan fingerprint density at radius 3 is 2.50 bits per heavy atom. The summed E-state index contributed by atoms with van der Waals surface area (Å²) in [5.41, 5.74) is 3.84. The first-order chi connectivity index (χ1) is 16.3. The lowest BCUT2D eigenvalue weighted by atomic mass is 10.1. The molecule has 4 aromatic heterocycles. The van der Waals surface area contributed by atoms with Crippen molar-refractivity contribution >= 4 is 22.9 Å². The van der Waals surface area contributed by atoms with Gasteiger partial charge in [-0.15, -0.1) is 4.80 Å². The van der Waals surface area contributed by atoms with E-state index in [1.807, 2.05) is 6.07 Å². The summed E-state index contributed by atoms with van der Waals surface area (Å²) in [6.07, 6.45) is 5.71. The maximum Gasteiger partial charge on any atom is 0.434 e. The Morgan fingerprint density at radius 2 is 1.85 bits per heavy atom. The molecule has 0 aliphatic heterocycles. The fraction of sp³-hybridized carbons (Fsp3) is 0.0500. The lowest BCUT2D eigenvalue weighted by Gasteiger charge is -2.17. The molecule has 0 saturated carbocycles. The third-order valence-corrected chi connectivity index (χ3v) is 4.42. The number of halogens is 3. The number of pyridine rings is 1. The molecule has 0 fully saturated rings. The summed E-state index contributed by atoms with van der Waals surface area (Å²) in [4.78, 5) is 16.8. The van der Waals surface area contributed by atoms with E-state index in [4.69, 9.17) is 5.73 Å². The minimum atomic E-state index is -4.90. The number of fused-ring (bicyclic) bond motifs is 1. The number of imidazole rings is 1. The highest BCUT2D eigenvalue weighted by molar-refractivity contribution is 6.09. The van der Waals surface area contributed by atoms with Crippen LogP contribution in [0.1, 0.15) is 5.56 Å². The van der Waals surface area contributed by atoms with Crippen LogP contribution in [0.4, 0.5) is 24.7 Å². The molecule has 0 radical (unpaired) electrons. The molecule has 0 aliphatic carbocycles. The molecule has 170 valence electrons. The molecule has 11 nitrogen and oxygen atoms in total. The van der Waals surface area contributed by atoms with Gasteiger partial charge in [0.15, 0.2) is 23.0 Å². The summed E-state index contributed by atoms with van der Waals surface area (Å²) in [6, 6.07) is 3.30. The van der Waals surface area contributed by atoms with Crippen LogP contribution in [0.5, 0.6) is 0 Å². The van der Waals surface area contributed by atoms with Gasteiger partial charge in [0.25, 0.3) is 0 Å². The molecule has 0 bridgehead atoms. The molecule has 34 heavy (non-hydrogen) atoms. The lowest BCUT2D eigenvalue weighted by Crippen LogP contribution is -2.28. The van der Waals surface area contributed by atoms with Gasteiger partial charge in [-0.3, -0.25) is 0 Å². The molecule has 0 unspecified atom stereocenters. The largest absolute Gasteiger partial charge is 0.434 e. The van der Waals surface area contributed by atoms with Gasteiger partial charge < -0.3 is 15.5 Å². The molecule has 0 aliphatic rings. The molecule has 3 N–H and O–H groups in total. The first kappa shape index (κ1) is 22.1. The van der Waals surface area contributed by atoms with Gasteiger partial charge in [-0.1, -0.05) is 6.58 Å². The minimum absolute atomic E-state index is 0.0761. The number of alkyl halides is 3. The summed E-state index contributed by atoms with van der Waals surface area (Å²) in [5.74, 6) is -0.105. The summed E-state index contributed by atoms with van der Waals surface area (Å²) < 4.78 is 43.4. The fourth-order valence-corrected chi connectivity index (χ4v) is 2.96. The zero-order chi connectivity index (χ0) is 24.3. The van der Waals surface area contributed by atoms with Crippen molar-refractivity contribution in [2.45, 2.75) is 6.18 Å². The van der Waals surface area contributed by atoms with Gasteiger partial charge in [-0.25, -0.2) is 19.9 Å². The number of hydrogen-bond donors (Lipinski definition) is 2. The fourth-order valence-electron chi connectivity index (χ4n) is 2.96. The van der Waals surface area contributed by atoms with Crippen LogP contribution in [0.2, 0.25) is 0 Å². The molecule has 0 atom stereocenters. The van der Waals surface area contributed by atoms with Crippen LogP contribution in [-0.2, 0) is 0 Å². The number of allylic oxidation sites excluding steroid dienone is 1. The number of aromatic nitrogens is 7. The van der Waals surface area contributed by atoms with Gasteiger partial charge in [0.2, 0.25) is 0 Å². The Hall–Kier alpha value is -5.06. The summed E-state index contributed by atoms with van der Waals surface area (Å²) in [5, 5.41) is 19.9. The second kappa shape index (κ2) is 8.82. The van der Waals surface area contributed by atoms with E-state index in [9.17, 15) is 18.4 Å². The van der Waals surface area contributed by atoms with Crippen LogP contribution in [0.15, 0.2) is 78.5 Å². The van der Waals surface area contributed by atoms with Gasteiger partial charge in [0.1, 0.15) is 11.6 Å². The van der Waals surface area contributed by atoms with Crippen LogP contribution in [0.25, 0.3) is 11.5 Å². The molecular formula is C20H14F3N11. The van der Waals surface area contributed by atoms with Crippen molar-refractivity contribution in [1.29, 1.82) is 5.26 Å². The first-order valence-electron chi connectivity index (χ1n) is 9.40. The molecule has 4 heterocycles. The van der Waals surface area contributed by atoms with Crippen molar-refractivity contribution in [3.63, 3.8) is 0 Å². The zero-order valence-corrected chi connectivity index (χ0v) is 17.1. The van der Waals surface area contributed by atoms with E-state index in [-0.39, 0.29) is 34.2 Å². The van der Waals surface area contributed by atoms with Crippen molar-refractivity contribution in [1.82, 2.24) is 34.3 Å². The van der Waals surface area contributed by atoms with E-state index >= 15 is 0 Å². The number of nitrogens with one attached hydrogen (secondary N) is 1. The van der Waals surface area contributed by atoms with Crippen LogP contribution in [-0.4, -0.2) is 46.2 Å². The smallest absolute Gasteiger partial charge is 0.404 e. The molecule has 0 saturated heterocycles. The summed E-state index contributed by atoms with van der Waals surface area (Å²) >= 11 is 0. The van der Waals surface area contributed by atoms with Crippen molar-refractivity contribution in [2.24, 2.45) is 10.7 Å². The number of nitriles is 1. The van der Waals surface area contributed by atoms with E-state index in [1.165, 1.54) is 47.6 Å². The molecule has 14 heteroatoms. The third kappa shape index (κ3) is 4.30. The maximum atomic E-state index is 14.0. The highest BCUT2D eigenvalue weighted by atomic mass is 19.4. The van der Waals surface area contributed by atoms with Crippen LogP contribution < -0.4 is 11.1 Å². The van der Waals surface area contributed by atoms with Crippen molar-refractivity contribution in [3.8, 4) is 11.9 Å². The highest BCUT2D eigenvalue weighted by Crippen LogP contribution is 2.29. The number of rotatable bonds is 6. The van der Waals surface area contributed by atoms with Gasteiger partial charge in [0.05, 0.1) is 24.3 Å². The Kier molecular flexibility index (Phi) is 5.75. The molecule has 0 aromatic carbocycles. The molecular weight excluding hydrogens is 451 g/mol. The van der Waals surface area contributed by atoms with Crippen LogP contribution in [0, 0.1) is 11.3 Å². The van der Waals surface area contributed by atoms with Crippen molar-refractivity contribution < 1.29 is 13.2 Å². The van der Waals surface area contributed by atoms with Crippen LogP contribution >= 0.6 is 0 Å². The SMILES string of the molecule is C=C(Nc1cnc(-n2nccn2)c(C#N)c1)C(=CN)C(=Nc1nccn2ccnc12)C(F)(F)F. The van der Waals surface area contributed by atoms with E-state index < -0.39 is 17.5 Å². The number of aliphatic imine (C=N–C) groups is 1. The van der Waals surface area contributed by atoms with Gasteiger partial charge in [-0.05, 0) is 6.07 Å². The Balaban J connectivity index is 1.68. The topological polar surface area (TPSA) is 148 Å². The zero-order valence-electron chi connectivity index (χ0n) is 17.1. The van der Waals surface area contributed by atoms with Gasteiger partial charge >= 0.3 is 6.18 Å². The maximum absolute atomic E-state index is 14.0. The van der Waals surface area contributed by atoms with E-state index in [2.05, 4.69) is 42.0 Å². The Bertz CT molecular complexity index is 1460. The predicted octanol–water partition coefficient (Wildman–Crippen LogP) is 2.68. The quantitative estimate of drug-likeness (QED) is 0.326. The average Bonchev–Trinajstić information content (AvgIpc) is 3.50. The highest BCUT2D eigenvalue weighted by Gasteiger charge is 2.39. The van der Waals surface area contributed by atoms with Gasteiger partial charge in [0, 0.05) is 42.3 Å². The molecule has 4 rings (SSSR count). The number of anilines is 1. The standard InChI is InChI=1S/C20H14F3N11/c1-12(31-14-8-13(9-24)18(28-11-14)34-29-2-3-30-34)15(10-25)16(20(21,22)23)32-17-19-27-5-7-33(19)6-4-26-17/h2-8,10-11,31H,1,25H2. The number of hydrogen-bond acceptors (Lipinski definition) is 9. The number of nitrogens with two attached hydrogens (primary N) is 1. The van der Waals surface area contributed by atoms with E-state index in [0.717, 1.165) is 11.0 Å². The summed E-state index contributed by atoms with van der Waals surface area (Å²) in [7, 11) is 0. The predicted molar refractivity (Wildman–Crippen MR) is 115 cm³/mol. The first-order valence-corrected chi connectivity index (χ1v) is 9.40. The normalized spacial score (nSPS) is 12.5. The molecule has 0 amide bonds. The van der Waals surface area contributed by atoms with E-state index in [1.54, 1.807) is 6.20 Å². The monoisotopic (exact) mass is 465 g/mol. The Labute approximate surface area is 189 Å². The second-order valence-electron chi connectivity index (χ2n) is 6.58. The lowest BCUT2D eigenvalue weighted by molar-refractivity contribution is -0.0581. The third-order valence-electron chi connectivity index (χ3n) is 4.42. The molecule has 4 aromatic rings. The molecule has 0 spiro atoms.